The number of carbonyl (C=O) groups is 1. The molecule has 7 heteroatoms. The lowest BCUT2D eigenvalue weighted by molar-refractivity contribution is -0.433. The molecule has 6 rings (SSSR count). The van der Waals surface area contributed by atoms with E-state index in [4.69, 9.17) is 0 Å². The molecule has 224 valence electrons. The molecule has 0 saturated heterocycles. The number of benzene rings is 3. The monoisotopic (exact) mass is 604 g/mol. The summed E-state index contributed by atoms with van der Waals surface area (Å²) < 4.78 is 2.32. The minimum Gasteiger partial charge on any atom is -0.344 e. The maximum Gasteiger partial charge on any atom is 0.269 e. The third-order valence-corrected chi connectivity index (χ3v) is 10.5. The van der Waals surface area contributed by atoms with Crippen molar-refractivity contribution in [3.05, 3.63) is 134 Å². The van der Waals surface area contributed by atoms with E-state index in [1.165, 1.54) is 22.5 Å². The van der Waals surface area contributed by atoms with Gasteiger partial charge in [0.2, 0.25) is 5.69 Å². The Morgan fingerprint density at radius 1 is 0.886 bits per heavy atom. The lowest BCUT2D eigenvalue weighted by Crippen LogP contribution is -2.31. The maximum absolute atomic E-state index is 14.1. The van der Waals surface area contributed by atoms with Crippen molar-refractivity contribution in [1.82, 2.24) is 0 Å². The summed E-state index contributed by atoms with van der Waals surface area (Å²) in [6, 6.07) is 23.7. The topological polar surface area (TPSA) is 66.5 Å². The first-order valence-corrected chi connectivity index (χ1v) is 16.2. The zero-order valence-corrected chi connectivity index (χ0v) is 27.0. The summed E-state index contributed by atoms with van der Waals surface area (Å²) in [5.74, 6) is 0.657. The number of hydrogen-bond donors (Lipinski definition) is 0. The van der Waals surface area contributed by atoms with Crippen molar-refractivity contribution in [2.24, 2.45) is 0 Å². The molecule has 0 radical (unpaired) electrons. The van der Waals surface area contributed by atoms with Crippen molar-refractivity contribution < 1.29 is 14.3 Å². The Balaban J connectivity index is 1.46. The molecule has 0 amide bonds. The standard InChI is InChI=1S/C37H38N3O3S/c1-7-38-30-15-11-9-13-28(30)36(3,4)32(38)21-26-34(41)27(35(26)44-23-24-17-19-25(20-18-24)40(42)43)22-33-37(5,6)29-14-10-12-16-31(29)39(33)8-2/h9-22H,7-8,23H2,1-6H3/q+1. The Kier molecular flexibility index (Phi) is 7.49. The highest BCUT2D eigenvalue weighted by Gasteiger charge is 2.46. The summed E-state index contributed by atoms with van der Waals surface area (Å²) in [6.07, 6.45) is 4.22. The number of carbonyl (C=O) groups excluding carboxylic acids is 1. The molecule has 6 nitrogen and oxygen atoms in total. The highest BCUT2D eigenvalue weighted by molar-refractivity contribution is 8.02. The third-order valence-electron chi connectivity index (χ3n) is 9.30. The molecule has 0 saturated carbocycles. The molecule has 0 atom stereocenters. The predicted molar refractivity (Wildman–Crippen MR) is 180 cm³/mol. The van der Waals surface area contributed by atoms with E-state index >= 15 is 0 Å². The molecule has 0 N–H and O–H groups in total. The number of Topliss-reactive ketones (excluding diaryl/α,β-unsaturated/α-hetero) is 1. The molecule has 0 aromatic heterocycles. The molecule has 1 aliphatic carbocycles. The van der Waals surface area contributed by atoms with Crippen molar-refractivity contribution in [3.8, 4) is 0 Å². The van der Waals surface area contributed by atoms with Crippen LogP contribution in [-0.2, 0) is 21.4 Å². The Morgan fingerprint density at radius 2 is 1.55 bits per heavy atom. The fourth-order valence-electron chi connectivity index (χ4n) is 6.88. The Morgan fingerprint density at radius 3 is 2.20 bits per heavy atom. The number of para-hydroxylation sites is 2. The number of hydrogen-bond acceptors (Lipinski definition) is 5. The molecular weight excluding hydrogens is 566 g/mol. The van der Waals surface area contributed by atoms with E-state index in [2.05, 4.69) is 112 Å². The van der Waals surface area contributed by atoms with Gasteiger partial charge in [-0.1, -0.05) is 62.4 Å². The van der Waals surface area contributed by atoms with Crippen LogP contribution < -0.4 is 4.90 Å². The first-order chi connectivity index (χ1) is 21.0. The van der Waals surface area contributed by atoms with Crippen LogP contribution in [0.4, 0.5) is 17.1 Å². The summed E-state index contributed by atoms with van der Waals surface area (Å²) in [5.41, 5.74) is 9.14. The quantitative estimate of drug-likeness (QED) is 0.112. The van der Waals surface area contributed by atoms with Crippen LogP contribution in [0.3, 0.4) is 0 Å². The van der Waals surface area contributed by atoms with Gasteiger partial charge < -0.3 is 4.90 Å². The Hall–Kier alpha value is -4.23. The third kappa shape index (κ3) is 4.65. The molecule has 3 aliphatic rings. The van der Waals surface area contributed by atoms with Gasteiger partial charge in [-0.25, -0.2) is 0 Å². The first-order valence-electron chi connectivity index (χ1n) is 15.2. The number of nitro benzene ring substituents is 1. The van der Waals surface area contributed by atoms with Crippen LogP contribution in [0, 0.1) is 10.1 Å². The van der Waals surface area contributed by atoms with Crippen molar-refractivity contribution in [1.29, 1.82) is 0 Å². The summed E-state index contributed by atoms with van der Waals surface area (Å²) in [4.78, 5) is 28.2. The number of rotatable bonds is 8. The Labute approximate surface area is 263 Å². The van der Waals surface area contributed by atoms with Gasteiger partial charge in [0.05, 0.1) is 10.3 Å². The number of allylic oxidation sites excluding steroid dienone is 5. The lowest BCUT2D eigenvalue weighted by Gasteiger charge is -2.30. The summed E-state index contributed by atoms with van der Waals surface area (Å²) in [7, 11) is 0. The van der Waals surface area contributed by atoms with E-state index in [-0.39, 0.29) is 27.2 Å². The van der Waals surface area contributed by atoms with Crippen LogP contribution in [0.2, 0.25) is 0 Å². The minimum atomic E-state index is -0.381. The summed E-state index contributed by atoms with van der Waals surface area (Å²) in [6.45, 7) is 14.8. The SMILES string of the molecule is CCN1C(=CC2=C(SCc3ccc([N+](=O)[O-])cc3)C(=CC3=[N+](CC)c4ccccc4C3(C)C)C2=O)C(C)(C)c2ccccc21. The predicted octanol–water partition coefficient (Wildman–Crippen LogP) is 8.39. The second kappa shape index (κ2) is 11.0. The van der Waals surface area contributed by atoms with Gasteiger partial charge in [-0.3, -0.25) is 14.9 Å². The first kappa shape index (κ1) is 29.8. The average Bonchev–Trinajstić information content (AvgIpc) is 3.37. The van der Waals surface area contributed by atoms with Crippen LogP contribution in [0.25, 0.3) is 0 Å². The van der Waals surface area contributed by atoms with E-state index in [1.54, 1.807) is 36.0 Å². The van der Waals surface area contributed by atoms with Crippen molar-refractivity contribution in [2.45, 2.75) is 58.1 Å². The second-order valence-electron chi connectivity index (χ2n) is 12.5. The van der Waals surface area contributed by atoms with Gasteiger partial charge in [0.1, 0.15) is 6.54 Å². The second-order valence-corrected chi connectivity index (χ2v) is 13.5. The number of thioether (sulfide) groups is 1. The van der Waals surface area contributed by atoms with Crippen molar-refractivity contribution in [2.75, 3.05) is 18.0 Å². The number of nitro groups is 1. The fourth-order valence-corrected chi connectivity index (χ4v) is 8.00. The number of ketones is 1. The van der Waals surface area contributed by atoms with Crippen LogP contribution in [0.5, 0.6) is 0 Å². The van der Waals surface area contributed by atoms with E-state index in [1.807, 2.05) is 0 Å². The highest BCUT2D eigenvalue weighted by atomic mass is 32.2. The zero-order valence-electron chi connectivity index (χ0n) is 26.2. The van der Waals surface area contributed by atoms with Gasteiger partial charge in [-0.05, 0) is 51.0 Å². The van der Waals surface area contributed by atoms with Gasteiger partial charge in [0, 0.05) is 75.0 Å². The van der Waals surface area contributed by atoms with Crippen LogP contribution in [0.15, 0.2) is 107 Å². The maximum atomic E-state index is 14.1. The largest absolute Gasteiger partial charge is 0.344 e. The highest BCUT2D eigenvalue weighted by Crippen LogP contribution is 2.50. The minimum absolute atomic E-state index is 0.0572. The number of fused-ring (bicyclic) bond motifs is 2. The number of anilines is 1. The number of likely N-dealkylation sites (N-methyl/N-ethyl adjacent to an activating group) is 1. The van der Waals surface area contributed by atoms with Gasteiger partial charge in [0.25, 0.3) is 5.69 Å². The van der Waals surface area contributed by atoms with Crippen molar-refractivity contribution >= 4 is 40.3 Å². The molecule has 0 unspecified atom stereocenters. The molecule has 0 fully saturated rings. The van der Waals surface area contributed by atoms with Crippen molar-refractivity contribution in [3.63, 3.8) is 0 Å². The number of nitrogens with zero attached hydrogens (tertiary/aromatic N) is 3. The molecule has 0 bridgehead atoms. The fraction of sp³-hybridized carbons (Fsp3) is 0.297. The van der Waals surface area contributed by atoms with E-state index in [9.17, 15) is 14.9 Å². The molecule has 3 aromatic rings. The van der Waals surface area contributed by atoms with Crippen LogP contribution >= 0.6 is 11.8 Å². The lowest BCUT2D eigenvalue weighted by atomic mass is 9.78. The molecular formula is C37H38N3O3S+. The van der Waals surface area contributed by atoms with Crippen LogP contribution in [0.1, 0.15) is 58.2 Å². The molecule has 2 heterocycles. The van der Waals surface area contributed by atoms with Gasteiger partial charge in [0.15, 0.2) is 11.5 Å². The van der Waals surface area contributed by atoms with E-state index in [0.29, 0.717) is 5.75 Å². The molecule has 2 aliphatic heterocycles. The van der Waals surface area contributed by atoms with Gasteiger partial charge >= 0.3 is 0 Å². The summed E-state index contributed by atoms with van der Waals surface area (Å²) in [5, 5.41) is 11.2. The summed E-state index contributed by atoms with van der Waals surface area (Å²) >= 11 is 1.63. The van der Waals surface area contributed by atoms with Gasteiger partial charge in [-0.15, -0.1) is 11.8 Å². The average molecular weight is 605 g/mol. The van der Waals surface area contributed by atoms with E-state index < -0.39 is 0 Å². The zero-order chi connectivity index (χ0) is 31.4. The molecule has 44 heavy (non-hydrogen) atoms. The van der Waals surface area contributed by atoms with Crippen LogP contribution in [-0.4, -0.2) is 34.1 Å². The van der Waals surface area contributed by atoms with Gasteiger partial charge in [-0.2, -0.15) is 4.58 Å². The normalized spacial score (nSPS) is 20.0. The smallest absolute Gasteiger partial charge is 0.269 e. The Bertz CT molecular complexity index is 1830. The number of non-ortho nitro benzene ring substituents is 1. The van der Waals surface area contributed by atoms with E-state index in [0.717, 1.165) is 46.1 Å². The molecule has 0 spiro atoms. The molecule has 3 aromatic carbocycles.